The molecule has 9 aromatic rings. The molecule has 0 bridgehead atoms. The summed E-state index contributed by atoms with van der Waals surface area (Å²) in [7, 11) is 0. The summed E-state index contributed by atoms with van der Waals surface area (Å²) < 4.78 is 6.46. The highest BCUT2D eigenvalue weighted by Crippen LogP contribution is 2.41. The van der Waals surface area contributed by atoms with Crippen LogP contribution in [-0.2, 0) is 0 Å². The van der Waals surface area contributed by atoms with Gasteiger partial charge in [-0.1, -0.05) is 121 Å². The summed E-state index contributed by atoms with van der Waals surface area (Å²) in [5.74, 6) is 0.756. The van der Waals surface area contributed by atoms with Crippen LogP contribution >= 0.6 is 0 Å². The van der Waals surface area contributed by atoms with Gasteiger partial charge < -0.3 is 4.42 Å². The van der Waals surface area contributed by atoms with Gasteiger partial charge in [-0.05, 0) is 86.3 Å². The van der Waals surface area contributed by atoms with E-state index in [9.17, 15) is 0 Å². The summed E-state index contributed by atoms with van der Waals surface area (Å²) in [6, 6.07) is 57.8. The first kappa shape index (κ1) is 26.2. The highest BCUT2D eigenvalue weighted by atomic mass is 16.3. The Morgan fingerprint density at radius 1 is 0.413 bits per heavy atom. The average Bonchev–Trinajstić information content (AvgIpc) is 3.52. The molecule has 0 saturated heterocycles. The predicted octanol–water partition coefficient (Wildman–Crippen LogP) is 12.1. The van der Waals surface area contributed by atoms with Crippen LogP contribution in [0, 0.1) is 0 Å². The molecule has 0 unspecified atom stereocenters. The van der Waals surface area contributed by atoms with Crippen LogP contribution in [0.4, 0.5) is 17.2 Å². The molecule has 2 aromatic heterocycles. The highest BCUT2D eigenvalue weighted by Gasteiger charge is 2.21. The minimum atomic E-state index is 0.756. The average molecular weight is 589 g/mol. The van der Waals surface area contributed by atoms with Crippen molar-refractivity contribution >= 4 is 60.7 Å². The molecule has 0 atom stereocenters. The van der Waals surface area contributed by atoms with Gasteiger partial charge in [-0.15, -0.1) is 0 Å². The first-order valence-electron chi connectivity index (χ1n) is 15.5. The Morgan fingerprint density at radius 3 is 1.78 bits per heavy atom. The summed E-state index contributed by atoms with van der Waals surface area (Å²) in [5, 5.41) is 7.18. The van der Waals surface area contributed by atoms with Crippen LogP contribution in [0.25, 0.3) is 65.7 Å². The van der Waals surface area contributed by atoms with Crippen molar-refractivity contribution in [3.63, 3.8) is 0 Å². The first-order valence-corrected chi connectivity index (χ1v) is 15.5. The fraction of sp³-hybridized carbons (Fsp3) is 0. The van der Waals surface area contributed by atoms with Crippen LogP contribution in [0.3, 0.4) is 0 Å². The predicted molar refractivity (Wildman–Crippen MR) is 192 cm³/mol. The maximum atomic E-state index is 6.46. The highest BCUT2D eigenvalue weighted by molar-refractivity contribution is 6.10. The fourth-order valence-corrected chi connectivity index (χ4v) is 6.62. The molecule has 7 aromatic carbocycles. The van der Waals surface area contributed by atoms with Gasteiger partial charge in [0.2, 0.25) is 0 Å². The number of benzene rings is 7. The van der Waals surface area contributed by atoms with Gasteiger partial charge in [0.25, 0.3) is 0 Å². The van der Waals surface area contributed by atoms with E-state index in [0.29, 0.717) is 0 Å². The van der Waals surface area contributed by atoms with Crippen LogP contribution in [-0.4, -0.2) is 4.98 Å². The normalized spacial score (nSPS) is 11.5. The van der Waals surface area contributed by atoms with Crippen molar-refractivity contribution in [2.45, 2.75) is 0 Å². The topological polar surface area (TPSA) is 29.3 Å². The Hall–Kier alpha value is -6.19. The van der Waals surface area contributed by atoms with E-state index in [2.05, 4.69) is 138 Å². The SMILES string of the molecule is c1ccc(-c2ccc(N(c3ccc(-c4ccc5c(ccc6ccccc65)c4)cc3)c3nccc4c3oc3ccccc34)cc2)cc1. The number of hydrogen-bond acceptors (Lipinski definition) is 3. The third-order valence-electron chi connectivity index (χ3n) is 8.92. The van der Waals surface area contributed by atoms with Crippen LogP contribution in [0.2, 0.25) is 0 Å². The number of para-hydroxylation sites is 1. The van der Waals surface area contributed by atoms with Gasteiger partial charge in [0.1, 0.15) is 5.58 Å². The van der Waals surface area contributed by atoms with Crippen molar-refractivity contribution in [2.24, 2.45) is 0 Å². The van der Waals surface area contributed by atoms with Crippen LogP contribution in [0.15, 0.2) is 174 Å². The number of furan rings is 1. The summed E-state index contributed by atoms with van der Waals surface area (Å²) in [4.78, 5) is 7.10. The van der Waals surface area contributed by atoms with E-state index < -0.39 is 0 Å². The quantitative estimate of drug-likeness (QED) is 0.187. The zero-order valence-corrected chi connectivity index (χ0v) is 25.0. The van der Waals surface area contributed by atoms with Crippen molar-refractivity contribution in [3.05, 3.63) is 170 Å². The van der Waals surface area contributed by atoms with E-state index >= 15 is 0 Å². The summed E-state index contributed by atoms with van der Waals surface area (Å²) >= 11 is 0. The minimum absolute atomic E-state index is 0.756. The summed E-state index contributed by atoms with van der Waals surface area (Å²) in [6.45, 7) is 0. The molecule has 0 amide bonds. The van der Waals surface area contributed by atoms with Crippen LogP contribution < -0.4 is 4.90 Å². The Morgan fingerprint density at radius 2 is 1.00 bits per heavy atom. The van der Waals surface area contributed by atoms with Crippen molar-refractivity contribution in [1.82, 2.24) is 4.98 Å². The van der Waals surface area contributed by atoms with Crippen LogP contribution in [0.5, 0.6) is 0 Å². The molecule has 216 valence electrons. The zero-order chi connectivity index (χ0) is 30.5. The minimum Gasteiger partial charge on any atom is -0.452 e. The lowest BCUT2D eigenvalue weighted by Gasteiger charge is -2.25. The van der Waals surface area contributed by atoms with Gasteiger partial charge in [0, 0.05) is 28.3 Å². The van der Waals surface area contributed by atoms with E-state index in [1.165, 1.54) is 38.2 Å². The Balaban J connectivity index is 1.16. The second-order valence-corrected chi connectivity index (χ2v) is 11.6. The molecule has 3 nitrogen and oxygen atoms in total. The number of anilines is 3. The van der Waals surface area contributed by atoms with E-state index in [0.717, 1.165) is 44.7 Å². The molecule has 46 heavy (non-hydrogen) atoms. The Kier molecular flexibility index (Phi) is 6.14. The Labute approximate surface area is 266 Å². The molecule has 0 aliphatic rings. The van der Waals surface area contributed by atoms with Crippen molar-refractivity contribution in [2.75, 3.05) is 4.90 Å². The smallest absolute Gasteiger partial charge is 0.181 e. The maximum Gasteiger partial charge on any atom is 0.181 e. The van der Waals surface area contributed by atoms with Crippen molar-refractivity contribution in [3.8, 4) is 22.3 Å². The molecule has 0 radical (unpaired) electrons. The molecule has 0 saturated carbocycles. The molecule has 0 fully saturated rings. The van der Waals surface area contributed by atoms with Gasteiger partial charge in [-0.25, -0.2) is 4.98 Å². The van der Waals surface area contributed by atoms with Crippen LogP contribution in [0.1, 0.15) is 0 Å². The molecular weight excluding hydrogens is 560 g/mol. The molecule has 3 heteroatoms. The van der Waals surface area contributed by atoms with E-state index in [4.69, 9.17) is 9.40 Å². The van der Waals surface area contributed by atoms with Gasteiger partial charge >= 0.3 is 0 Å². The number of fused-ring (bicyclic) bond motifs is 6. The second-order valence-electron chi connectivity index (χ2n) is 11.6. The first-order chi connectivity index (χ1) is 22.8. The molecule has 0 spiro atoms. The number of pyridine rings is 1. The van der Waals surface area contributed by atoms with Crippen molar-refractivity contribution in [1.29, 1.82) is 0 Å². The third-order valence-corrected chi connectivity index (χ3v) is 8.92. The van der Waals surface area contributed by atoms with Gasteiger partial charge in [0.05, 0.1) is 0 Å². The maximum absolute atomic E-state index is 6.46. The lowest BCUT2D eigenvalue weighted by atomic mass is 9.97. The summed E-state index contributed by atoms with van der Waals surface area (Å²) in [5.41, 5.74) is 8.32. The lowest BCUT2D eigenvalue weighted by molar-refractivity contribution is 0.667. The Bertz CT molecular complexity index is 2510. The fourth-order valence-electron chi connectivity index (χ4n) is 6.62. The van der Waals surface area contributed by atoms with Crippen molar-refractivity contribution < 1.29 is 4.42 Å². The van der Waals surface area contributed by atoms with Gasteiger partial charge in [0.15, 0.2) is 11.4 Å². The largest absolute Gasteiger partial charge is 0.452 e. The standard InChI is InChI=1S/C43H28N2O/c1-2-8-29(9-3-1)30-16-21-35(22-17-30)45(43-42-40(26-27-44-43)39-12-6-7-13-41(39)46-42)36-23-18-31(19-24-36)33-20-25-38-34(28-33)15-14-32-10-4-5-11-37(32)38/h1-28H. The molecule has 9 rings (SSSR count). The van der Waals surface area contributed by atoms with Gasteiger partial charge in [-0.2, -0.15) is 0 Å². The summed E-state index contributed by atoms with van der Waals surface area (Å²) in [6.07, 6.45) is 1.87. The number of hydrogen-bond donors (Lipinski definition) is 0. The lowest BCUT2D eigenvalue weighted by Crippen LogP contribution is -2.11. The number of nitrogens with zero attached hydrogens (tertiary/aromatic N) is 2. The van der Waals surface area contributed by atoms with E-state index in [1.54, 1.807) is 0 Å². The molecule has 0 aliphatic heterocycles. The zero-order valence-electron chi connectivity index (χ0n) is 25.0. The molecular formula is C43H28N2O. The monoisotopic (exact) mass is 588 g/mol. The number of aromatic nitrogens is 1. The molecule has 2 heterocycles. The third kappa shape index (κ3) is 4.41. The number of rotatable bonds is 5. The molecule has 0 aliphatic carbocycles. The second kappa shape index (κ2) is 10.8. The molecule has 0 N–H and O–H groups in total. The van der Waals surface area contributed by atoms with E-state index in [1.807, 2.05) is 36.5 Å². The van der Waals surface area contributed by atoms with E-state index in [-0.39, 0.29) is 0 Å². The van der Waals surface area contributed by atoms with Gasteiger partial charge in [-0.3, -0.25) is 4.90 Å².